The Morgan fingerprint density at radius 3 is 1.67 bits per heavy atom. The van der Waals surface area contributed by atoms with Gasteiger partial charge in [-0.15, -0.1) is 0 Å². The minimum atomic E-state index is -4.06. The second-order valence-electron chi connectivity index (χ2n) is 7.74. The average molecular weight is 469 g/mol. The van der Waals surface area contributed by atoms with Crippen molar-refractivity contribution in [1.82, 2.24) is 5.06 Å². The monoisotopic (exact) mass is 469 g/mol. The summed E-state index contributed by atoms with van der Waals surface area (Å²) in [4.78, 5) is 12.7. The van der Waals surface area contributed by atoms with E-state index in [2.05, 4.69) is 0 Å². The zero-order valence-corrected chi connectivity index (χ0v) is 19.5. The van der Waals surface area contributed by atoms with Gasteiger partial charge in [0.05, 0.1) is 13.2 Å². The summed E-state index contributed by atoms with van der Waals surface area (Å²) in [6.07, 6.45) is -1.08. The van der Waals surface area contributed by atoms with Crippen LogP contribution in [0.25, 0.3) is 0 Å². The van der Waals surface area contributed by atoms with Gasteiger partial charge in [-0.2, -0.15) is 5.06 Å². The summed E-state index contributed by atoms with van der Waals surface area (Å²) >= 11 is 0. The van der Waals surface area contributed by atoms with Gasteiger partial charge in [0.1, 0.15) is 5.75 Å². The maximum absolute atomic E-state index is 14.0. The smallest absolute Gasteiger partial charge is 0.409 e. The van der Waals surface area contributed by atoms with E-state index in [0.717, 1.165) is 11.1 Å². The number of rotatable bonds is 10. The van der Waals surface area contributed by atoms with Crippen molar-refractivity contribution >= 4 is 13.7 Å². The highest BCUT2D eigenvalue weighted by Gasteiger charge is 2.45. The summed E-state index contributed by atoms with van der Waals surface area (Å²) in [7, 11) is -4.06. The summed E-state index contributed by atoms with van der Waals surface area (Å²) in [5, 5.41) is 11.1. The fourth-order valence-corrected chi connectivity index (χ4v) is 5.32. The zero-order valence-electron chi connectivity index (χ0n) is 18.6. The summed E-state index contributed by atoms with van der Waals surface area (Å²) < 4.78 is 30.9. The summed E-state index contributed by atoms with van der Waals surface area (Å²) in [5.41, 5.74) is 1.56. The quantitative estimate of drug-likeness (QED) is 0.208. The first kappa shape index (κ1) is 24.7. The molecule has 0 aliphatic carbocycles. The lowest BCUT2D eigenvalue weighted by molar-refractivity contribution is -0.0894. The Bertz CT molecular complexity index is 999. The molecule has 0 fully saturated rings. The Kier molecular flexibility index (Phi) is 8.80. The topological polar surface area (TPSA) is 85.3 Å². The van der Waals surface area contributed by atoms with Gasteiger partial charge in [0, 0.05) is 0 Å². The van der Waals surface area contributed by atoms with Gasteiger partial charge < -0.3 is 13.8 Å². The number of carbonyl (C=O) groups excluding carboxylic acids is 1. The Hall–Kier alpha value is -2.96. The molecule has 0 spiro atoms. The van der Waals surface area contributed by atoms with Crippen LogP contribution in [0.15, 0.2) is 91.0 Å². The highest BCUT2D eigenvalue weighted by Crippen LogP contribution is 2.57. The summed E-state index contributed by atoms with van der Waals surface area (Å²) in [6.45, 7) is 3.40. The van der Waals surface area contributed by atoms with E-state index in [4.69, 9.17) is 13.8 Å². The van der Waals surface area contributed by atoms with Crippen molar-refractivity contribution in [2.45, 2.75) is 32.8 Å². The first-order valence-corrected chi connectivity index (χ1v) is 12.2. The van der Waals surface area contributed by atoms with Crippen LogP contribution in [0.2, 0.25) is 0 Å². The minimum Gasteiger partial charge on any atom is -0.409 e. The third kappa shape index (κ3) is 7.01. The molecule has 1 unspecified atom stereocenters. The molecule has 0 aliphatic heterocycles. The molecule has 1 atom stereocenters. The number of carbonyl (C=O) groups is 1. The molecule has 0 saturated heterocycles. The lowest BCUT2D eigenvalue weighted by Crippen LogP contribution is -2.43. The number of amides is 1. The highest BCUT2D eigenvalue weighted by molar-refractivity contribution is 7.54. The van der Waals surface area contributed by atoms with Gasteiger partial charge in [0.2, 0.25) is 0 Å². The fraction of sp³-hybridized carbons (Fsp3) is 0.240. The number of hydroxylamine groups is 2. The molecule has 0 aliphatic rings. The number of benzene rings is 3. The van der Waals surface area contributed by atoms with Crippen LogP contribution >= 0.6 is 7.60 Å². The second-order valence-corrected chi connectivity index (χ2v) is 9.87. The van der Waals surface area contributed by atoms with Crippen LogP contribution in [0.5, 0.6) is 5.75 Å². The van der Waals surface area contributed by atoms with Crippen molar-refractivity contribution in [2.24, 2.45) is 5.92 Å². The van der Waals surface area contributed by atoms with Crippen molar-refractivity contribution in [3.63, 3.8) is 0 Å². The van der Waals surface area contributed by atoms with E-state index in [-0.39, 0.29) is 19.0 Å². The van der Waals surface area contributed by atoms with Crippen molar-refractivity contribution in [2.75, 3.05) is 0 Å². The van der Waals surface area contributed by atoms with Crippen molar-refractivity contribution in [1.29, 1.82) is 0 Å². The molecule has 3 rings (SSSR count). The molecule has 0 aromatic heterocycles. The lowest BCUT2D eigenvalue weighted by atomic mass is 10.2. The molecule has 174 valence electrons. The molecular weight excluding hydrogens is 441 g/mol. The Morgan fingerprint density at radius 2 is 1.24 bits per heavy atom. The Morgan fingerprint density at radius 1 is 0.818 bits per heavy atom. The molecule has 8 heteroatoms. The first-order valence-electron chi connectivity index (χ1n) is 10.6. The van der Waals surface area contributed by atoms with Crippen LogP contribution in [-0.4, -0.2) is 22.1 Å². The molecular formula is C25H28NO6P. The van der Waals surface area contributed by atoms with Crippen molar-refractivity contribution in [3.05, 3.63) is 102 Å². The number of para-hydroxylation sites is 1. The minimum absolute atomic E-state index is 0.0162. The molecule has 3 aromatic carbocycles. The SMILES string of the molecule is CC(C)C(N(O)C(=O)Oc1ccccc1)P(=O)(OCc1ccccc1)OCc1ccccc1. The normalized spacial score (nSPS) is 12.4. The maximum Gasteiger partial charge on any atom is 0.440 e. The Labute approximate surface area is 194 Å². The molecule has 0 bridgehead atoms. The van der Waals surface area contributed by atoms with E-state index in [1.54, 1.807) is 44.2 Å². The van der Waals surface area contributed by atoms with Crippen LogP contribution in [0, 0.1) is 5.92 Å². The zero-order chi connectivity index (χ0) is 23.7. The molecule has 33 heavy (non-hydrogen) atoms. The van der Waals surface area contributed by atoms with Crippen LogP contribution < -0.4 is 4.74 Å². The third-order valence-corrected chi connectivity index (χ3v) is 7.26. The van der Waals surface area contributed by atoms with Crippen molar-refractivity contribution in [3.8, 4) is 5.75 Å². The standard InChI is InChI=1S/C25H28NO6P/c1-20(2)24(26(28)25(27)32-23-16-10-5-11-17-23)33(29,30-18-21-12-6-3-7-13-21)31-19-22-14-8-4-9-15-22/h3-17,20,24,28H,18-19H2,1-2H3. The number of nitrogens with zero attached hydrogens (tertiary/aromatic N) is 1. The molecule has 1 N–H and O–H groups in total. The molecule has 0 saturated carbocycles. The molecule has 3 aromatic rings. The Balaban J connectivity index is 1.84. The van der Waals surface area contributed by atoms with E-state index in [0.29, 0.717) is 5.06 Å². The van der Waals surface area contributed by atoms with Gasteiger partial charge in [-0.1, -0.05) is 92.7 Å². The number of hydrogen-bond acceptors (Lipinski definition) is 6. The molecule has 0 radical (unpaired) electrons. The summed E-state index contributed by atoms with van der Waals surface area (Å²) in [6, 6.07) is 26.7. The molecule has 0 heterocycles. The van der Waals surface area contributed by atoms with Gasteiger partial charge in [-0.25, -0.2) is 4.79 Å². The van der Waals surface area contributed by atoms with Crippen LogP contribution in [-0.2, 0) is 26.8 Å². The van der Waals surface area contributed by atoms with Gasteiger partial charge in [0.15, 0.2) is 5.78 Å². The lowest BCUT2D eigenvalue weighted by Gasteiger charge is -2.33. The molecule has 1 amide bonds. The highest BCUT2D eigenvalue weighted by atomic mass is 31.2. The first-order chi connectivity index (χ1) is 15.9. The van der Waals surface area contributed by atoms with Crippen molar-refractivity contribution < 1.29 is 28.4 Å². The predicted molar refractivity (Wildman–Crippen MR) is 125 cm³/mol. The van der Waals surface area contributed by atoms with Gasteiger partial charge in [-0.05, 0) is 29.2 Å². The number of ether oxygens (including phenoxy) is 1. The van der Waals surface area contributed by atoms with E-state index in [9.17, 15) is 14.6 Å². The summed E-state index contributed by atoms with van der Waals surface area (Å²) in [5.74, 6) is -1.52. The predicted octanol–water partition coefficient (Wildman–Crippen LogP) is 6.49. The largest absolute Gasteiger partial charge is 0.440 e. The van der Waals surface area contributed by atoms with E-state index in [1.807, 2.05) is 60.7 Å². The molecule has 7 nitrogen and oxygen atoms in total. The third-order valence-electron chi connectivity index (χ3n) is 4.81. The van der Waals surface area contributed by atoms with Crippen LogP contribution in [0.4, 0.5) is 4.79 Å². The van der Waals surface area contributed by atoms with E-state index >= 15 is 0 Å². The van der Waals surface area contributed by atoms with E-state index < -0.39 is 25.4 Å². The van der Waals surface area contributed by atoms with Gasteiger partial charge in [-0.3, -0.25) is 9.77 Å². The van der Waals surface area contributed by atoms with Gasteiger partial charge >= 0.3 is 13.7 Å². The van der Waals surface area contributed by atoms with E-state index in [1.165, 1.54) is 0 Å². The fourth-order valence-electron chi connectivity index (χ4n) is 3.19. The van der Waals surface area contributed by atoms with Crippen LogP contribution in [0.3, 0.4) is 0 Å². The maximum atomic E-state index is 14.0. The second kappa shape index (κ2) is 11.8. The van der Waals surface area contributed by atoms with Gasteiger partial charge in [0.25, 0.3) is 0 Å². The number of hydrogen-bond donors (Lipinski definition) is 1. The average Bonchev–Trinajstić information content (AvgIpc) is 2.83. The van der Waals surface area contributed by atoms with Crippen LogP contribution in [0.1, 0.15) is 25.0 Å².